The van der Waals surface area contributed by atoms with E-state index in [0.717, 1.165) is 12.1 Å². The smallest absolute Gasteiger partial charge is 0.335 e. The molecule has 0 fully saturated rings. The first-order chi connectivity index (χ1) is 13.1. The van der Waals surface area contributed by atoms with Gasteiger partial charge in [0.05, 0.1) is 5.39 Å². The van der Waals surface area contributed by atoms with Gasteiger partial charge in [-0.3, -0.25) is 10.1 Å². The molecule has 0 atom stereocenters. The Balaban J connectivity index is 1.92. The number of nitrogens with one attached hydrogen (secondary N) is 2. The van der Waals surface area contributed by atoms with Crippen molar-refractivity contribution in [2.24, 2.45) is 0 Å². The number of hydrogen-bond acceptors (Lipinski definition) is 7. The second kappa shape index (κ2) is 7.34. The zero-order chi connectivity index (χ0) is 20.6. The lowest BCUT2D eigenvalue weighted by molar-refractivity contribution is 0.256. The maximum Gasteiger partial charge on any atom is 0.335 e. The topological polar surface area (TPSA) is 131 Å². The molecule has 2 amide bonds. The minimum atomic E-state index is -4.63. The Morgan fingerprint density at radius 1 is 1.21 bits per heavy atom. The van der Waals surface area contributed by atoms with Crippen LogP contribution in [0.15, 0.2) is 38.6 Å². The van der Waals surface area contributed by atoms with Gasteiger partial charge in [0.25, 0.3) is 10.0 Å². The van der Waals surface area contributed by atoms with Crippen LogP contribution in [0.1, 0.15) is 5.56 Å². The lowest BCUT2D eigenvalue weighted by atomic mass is 10.1. The van der Waals surface area contributed by atoms with Gasteiger partial charge in [-0.25, -0.2) is 32.3 Å². The summed E-state index contributed by atoms with van der Waals surface area (Å²) >= 11 is 11.3. The largest absolute Gasteiger partial charge is 0.462 e. The number of aromatic nitrogens is 2. The first kappa shape index (κ1) is 20.0. The van der Waals surface area contributed by atoms with Gasteiger partial charge >= 0.3 is 6.03 Å². The molecule has 0 saturated heterocycles. The first-order valence-corrected chi connectivity index (χ1v) is 9.57. The molecule has 2 heterocycles. The van der Waals surface area contributed by atoms with Crippen molar-refractivity contribution in [2.75, 3.05) is 5.32 Å². The van der Waals surface area contributed by atoms with Crippen LogP contribution in [0.25, 0.3) is 11.0 Å². The lowest BCUT2D eigenvalue weighted by Crippen LogP contribution is -2.37. The molecular weight excluding hydrogens is 438 g/mol. The summed E-state index contributed by atoms with van der Waals surface area (Å²) < 4.78 is 45.1. The number of rotatable bonds is 3. The van der Waals surface area contributed by atoms with Crippen molar-refractivity contribution in [1.29, 1.82) is 0 Å². The molecular formula is C15H9Cl2FN4O5S. The summed E-state index contributed by atoms with van der Waals surface area (Å²) in [5.41, 5.74) is -1.03. The molecule has 0 saturated carbocycles. The van der Waals surface area contributed by atoms with E-state index in [9.17, 15) is 22.4 Å². The van der Waals surface area contributed by atoms with E-state index >= 15 is 0 Å². The number of hydrogen-bond donors (Lipinski definition) is 2. The van der Waals surface area contributed by atoms with Gasteiger partial charge in [-0.05, 0) is 19.1 Å². The fourth-order valence-corrected chi connectivity index (χ4v) is 3.59. The van der Waals surface area contributed by atoms with Gasteiger partial charge in [-0.15, -0.1) is 0 Å². The molecule has 3 rings (SSSR count). The molecule has 3 aromatic rings. The summed E-state index contributed by atoms with van der Waals surface area (Å²) in [6.45, 7) is 1.37. The van der Waals surface area contributed by atoms with Crippen LogP contribution in [0.5, 0.6) is 0 Å². The van der Waals surface area contributed by atoms with Crippen LogP contribution in [0, 0.1) is 12.7 Å². The summed E-state index contributed by atoms with van der Waals surface area (Å²) in [5, 5.41) is 1.69. The van der Waals surface area contributed by atoms with Crippen LogP contribution in [0.2, 0.25) is 10.3 Å². The van der Waals surface area contributed by atoms with Crippen LogP contribution >= 0.6 is 23.2 Å². The van der Waals surface area contributed by atoms with Crippen LogP contribution in [-0.2, 0) is 10.0 Å². The summed E-state index contributed by atoms with van der Waals surface area (Å²) in [6, 6.07) is 2.03. The highest BCUT2D eigenvalue weighted by Gasteiger charge is 2.24. The number of amides is 2. The molecule has 0 unspecified atom stereocenters. The van der Waals surface area contributed by atoms with E-state index in [-0.39, 0.29) is 32.8 Å². The number of sulfonamides is 1. The van der Waals surface area contributed by atoms with E-state index in [1.165, 1.54) is 13.0 Å². The van der Waals surface area contributed by atoms with E-state index < -0.39 is 32.2 Å². The third-order valence-electron chi connectivity index (χ3n) is 3.50. The first-order valence-electron chi connectivity index (χ1n) is 7.33. The molecule has 0 aliphatic carbocycles. The number of carbonyl (C=O) groups excluding carboxylic acids is 1. The predicted molar refractivity (Wildman–Crippen MR) is 98.6 cm³/mol. The summed E-state index contributed by atoms with van der Waals surface area (Å²) in [5.74, 6) is -0.981. The van der Waals surface area contributed by atoms with Crippen molar-refractivity contribution in [2.45, 2.75) is 11.8 Å². The minimum absolute atomic E-state index is 0.0410. The highest BCUT2D eigenvalue weighted by molar-refractivity contribution is 7.90. The number of urea groups is 1. The van der Waals surface area contributed by atoms with Crippen molar-refractivity contribution < 1.29 is 22.0 Å². The van der Waals surface area contributed by atoms with Crippen molar-refractivity contribution >= 4 is 56.2 Å². The van der Waals surface area contributed by atoms with Gasteiger partial charge in [-0.2, -0.15) is 0 Å². The second-order valence-electron chi connectivity index (χ2n) is 5.37. The quantitative estimate of drug-likeness (QED) is 0.591. The van der Waals surface area contributed by atoms with Gasteiger partial charge in [0.1, 0.15) is 28.0 Å². The van der Waals surface area contributed by atoms with Crippen LogP contribution in [0.4, 0.5) is 15.1 Å². The lowest BCUT2D eigenvalue weighted by Gasteiger charge is -2.08. The van der Waals surface area contributed by atoms with Crippen molar-refractivity contribution in [1.82, 2.24) is 14.7 Å². The minimum Gasteiger partial charge on any atom is -0.462 e. The molecule has 1 aromatic carbocycles. The van der Waals surface area contributed by atoms with Gasteiger partial charge in [0.15, 0.2) is 4.90 Å². The number of nitrogens with zero attached hydrogens (tertiary/aromatic N) is 2. The third kappa shape index (κ3) is 3.91. The standard InChI is InChI=1S/C15H9Cl2FN4O5S/c1-6-8(18)3-2-7-12(23)9(5-27-13(6)7)28(25,26)22-15(24)21-14-19-10(16)4-11(17)20-14/h2-5H,1H3,(H2,19,20,21,22,24). The Morgan fingerprint density at radius 3 is 2.50 bits per heavy atom. The zero-order valence-corrected chi connectivity index (χ0v) is 16.1. The molecule has 0 bridgehead atoms. The van der Waals surface area contributed by atoms with Crippen molar-refractivity contribution in [3.8, 4) is 0 Å². The average Bonchev–Trinajstić information content (AvgIpc) is 2.56. The molecule has 9 nitrogen and oxygen atoms in total. The number of halogens is 3. The van der Waals surface area contributed by atoms with Crippen molar-refractivity contribution in [3.05, 3.63) is 56.4 Å². The molecule has 2 aromatic heterocycles. The van der Waals surface area contributed by atoms with E-state index in [1.807, 2.05) is 5.32 Å². The molecule has 146 valence electrons. The molecule has 28 heavy (non-hydrogen) atoms. The maximum absolute atomic E-state index is 13.6. The highest BCUT2D eigenvalue weighted by Crippen LogP contribution is 2.20. The Bertz CT molecular complexity index is 1260. The van der Waals surface area contributed by atoms with E-state index in [2.05, 4.69) is 9.97 Å². The van der Waals surface area contributed by atoms with E-state index in [4.69, 9.17) is 27.6 Å². The fraction of sp³-hybridized carbons (Fsp3) is 0.0667. The molecule has 13 heteroatoms. The number of benzene rings is 1. The van der Waals surface area contributed by atoms with Gasteiger partial charge in [-0.1, -0.05) is 23.2 Å². The summed E-state index contributed by atoms with van der Waals surface area (Å²) in [7, 11) is -4.63. The molecule has 2 N–H and O–H groups in total. The van der Waals surface area contributed by atoms with Gasteiger partial charge in [0, 0.05) is 11.6 Å². The number of aryl methyl sites for hydroxylation is 1. The number of fused-ring (bicyclic) bond motifs is 1. The van der Waals surface area contributed by atoms with Gasteiger partial charge < -0.3 is 4.42 Å². The molecule has 0 aliphatic heterocycles. The fourth-order valence-electron chi connectivity index (χ4n) is 2.23. The third-order valence-corrected chi connectivity index (χ3v) is 5.20. The Kier molecular flexibility index (Phi) is 5.24. The van der Waals surface area contributed by atoms with Gasteiger partial charge in [0.2, 0.25) is 11.4 Å². The number of anilines is 1. The Morgan fingerprint density at radius 2 is 1.86 bits per heavy atom. The second-order valence-corrected chi connectivity index (χ2v) is 7.80. The normalized spacial score (nSPS) is 11.4. The monoisotopic (exact) mass is 446 g/mol. The highest BCUT2D eigenvalue weighted by atomic mass is 35.5. The Hall–Kier alpha value is -2.76. The molecule has 0 spiro atoms. The predicted octanol–water partition coefficient (Wildman–Crippen LogP) is 2.85. The maximum atomic E-state index is 13.6. The summed E-state index contributed by atoms with van der Waals surface area (Å²) in [6.07, 6.45) is 0.624. The SMILES string of the molecule is Cc1c(F)ccc2c(=O)c(S(=O)(=O)NC(=O)Nc3nc(Cl)cc(Cl)n3)coc12. The summed E-state index contributed by atoms with van der Waals surface area (Å²) in [4.78, 5) is 30.9. The van der Waals surface area contributed by atoms with Crippen LogP contribution in [0.3, 0.4) is 0 Å². The van der Waals surface area contributed by atoms with E-state index in [0.29, 0.717) is 6.26 Å². The number of carbonyl (C=O) groups is 1. The van der Waals surface area contributed by atoms with E-state index in [1.54, 1.807) is 4.72 Å². The van der Waals surface area contributed by atoms with Crippen LogP contribution < -0.4 is 15.5 Å². The zero-order valence-electron chi connectivity index (χ0n) is 13.8. The Labute approximate surface area is 166 Å². The molecule has 0 radical (unpaired) electrons. The average molecular weight is 447 g/mol. The van der Waals surface area contributed by atoms with Crippen LogP contribution in [-0.4, -0.2) is 24.4 Å². The van der Waals surface area contributed by atoms with Crippen molar-refractivity contribution in [3.63, 3.8) is 0 Å². The molecule has 0 aliphatic rings.